The summed E-state index contributed by atoms with van der Waals surface area (Å²) in [4.78, 5) is 7.01. The number of likely N-dealkylation sites (N-methyl/N-ethyl adjacent to an activating group) is 1. The van der Waals surface area contributed by atoms with Gasteiger partial charge in [-0.15, -0.1) is 23.7 Å². The first-order valence-electron chi connectivity index (χ1n) is 6.15. The largest absolute Gasteiger partial charge is 0.310 e. The highest BCUT2D eigenvalue weighted by atomic mass is 35.5. The number of hydrogen-bond donors (Lipinski definition) is 1. The van der Waals surface area contributed by atoms with Gasteiger partial charge < -0.3 is 5.32 Å². The van der Waals surface area contributed by atoms with Gasteiger partial charge in [0.25, 0.3) is 0 Å². The van der Waals surface area contributed by atoms with E-state index in [9.17, 15) is 0 Å². The second-order valence-corrected chi connectivity index (χ2v) is 5.46. The molecule has 1 heterocycles. The highest BCUT2D eigenvalue weighted by molar-refractivity contribution is 7.09. The van der Waals surface area contributed by atoms with Gasteiger partial charge in [0, 0.05) is 31.1 Å². The SMILES string of the molecule is CCN(CCNCc1csc(C)n1)C1CC1.Cl. The average molecular weight is 276 g/mol. The van der Waals surface area contributed by atoms with Crippen molar-refractivity contribution in [1.82, 2.24) is 15.2 Å². The standard InChI is InChI=1S/C12H21N3S.ClH/c1-3-15(12-4-5-12)7-6-13-8-11-9-16-10(2)14-11;/h9,12-13H,3-8H2,1-2H3;1H. The first kappa shape index (κ1) is 14.9. The van der Waals surface area contributed by atoms with Crippen molar-refractivity contribution in [1.29, 1.82) is 0 Å². The summed E-state index contributed by atoms with van der Waals surface area (Å²) in [6, 6.07) is 0.883. The quantitative estimate of drug-likeness (QED) is 0.775. The normalized spacial score (nSPS) is 15.0. The van der Waals surface area contributed by atoms with Crippen LogP contribution >= 0.6 is 23.7 Å². The first-order valence-corrected chi connectivity index (χ1v) is 7.03. The molecule has 3 nitrogen and oxygen atoms in total. The molecule has 1 aromatic rings. The van der Waals surface area contributed by atoms with Crippen molar-refractivity contribution < 1.29 is 0 Å². The van der Waals surface area contributed by atoms with Crippen molar-refractivity contribution in [3.05, 3.63) is 16.1 Å². The van der Waals surface area contributed by atoms with Gasteiger partial charge in [-0.05, 0) is 26.3 Å². The smallest absolute Gasteiger partial charge is 0.0897 e. The molecule has 98 valence electrons. The lowest BCUT2D eigenvalue weighted by molar-refractivity contribution is 0.277. The Kier molecular flexibility index (Phi) is 6.41. The zero-order valence-electron chi connectivity index (χ0n) is 10.6. The number of halogens is 1. The minimum Gasteiger partial charge on any atom is -0.310 e. The van der Waals surface area contributed by atoms with Gasteiger partial charge in [0.1, 0.15) is 0 Å². The number of nitrogens with zero attached hydrogens (tertiary/aromatic N) is 2. The van der Waals surface area contributed by atoms with Crippen molar-refractivity contribution in [3.63, 3.8) is 0 Å². The Morgan fingerprint density at radius 3 is 2.82 bits per heavy atom. The van der Waals surface area contributed by atoms with Gasteiger partial charge in [-0.1, -0.05) is 6.92 Å². The Hall–Kier alpha value is -0.160. The summed E-state index contributed by atoms with van der Waals surface area (Å²) in [5.41, 5.74) is 1.18. The lowest BCUT2D eigenvalue weighted by Crippen LogP contribution is -2.33. The van der Waals surface area contributed by atoms with Crippen LogP contribution in [0, 0.1) is 6.92 Å². The monoisotopic (exact) mass is 275 g/mol. The first-order chi connectivity index (χ1) is 7.79. The van der Waals surface area contributed by atoms with Crippen molar-refractivity contribution in [2.75, 3.05) is 19.6 Å². The number of nitrogens with one attached hydrogen (secondary N) is 1. The van der Waals surface area contributed by atoms with E-state index in [0.717, 1.165) is 24.1 Å². The van der Waals surface area contributed by atoms with Crippen LogP contribution in [0.25, 0.3) is 0 Å². The molecular formula is C12H22ClN3S. The molecule has 0 saturated heterocycles. The molecule has 1 N–H and O–H groups in total. The molecule has 0 radical (unpaired) electrons. The van der Waals surface area contributed by atoms with Crippen molar-refractivity contribution in [2.24, 2.45) is 0 Å². The molecule has 2 rings (SSSR count). The highest BCUT2D eigenvalue weighted by Crippen LogP contribution is 2.25. The second kappa shape index (κ2) is 7.31. The number of rotatable bonds is 7. The maximum absolute atomic E-state index is 4.44. The van der Waals surface area contributed by atoms with Crippen LogP contribution in [0.15, 0.2) is 5.38 Å². The van der Waals surface area contributed by atoms with Gasteiger partial charge in [-0.3, -0.25) is 4.90 Å². The minimum absolute atomic E-state index is 0. The summed E-state index contributed by atoms with van der Waals surface area (Å²) < 4.78 is 0. The van der Waals surface area contributed by atoms with Crippen LogP contribution in [-0.4, -0.2) is 35.6 Å². The number of aryl methyl sites for hydroxylation is 1. The van der Waals surface area contributed by atoms with Crippen LogP contribution in [-0.2, 0) is 6.54 Å². The van der Waals surface area contributed by atoms with Gasteiger partial charge in [0.2, 0.25) is 0 Å². The summed E-state index contributed by atoms with van der Waals surface area (Å²) in [6.07, 6.45) is 2.80. The number of hydrogen-bond acceptors (Lipinski definition) is 4. The van der Waals surface area contributed by atoms with E-state index in [4.69, 9.17) is 0 Å². The number of aromatic nitrogens is 1. The fraction of sp³-hybridized carbons (Fsp3) is 0.750. The third kappa shape index (κ3) is 4.92. The summed E-state index contributed by atoms with van der Waals surface area (Å²) in [5, 5.41) is 6.76. The van der Waals surface area contributed by atoms with E-state index < -0.39 is 0 Å². The fourth-order valence-electron chi connectivity index (χ4n) is 1.97. The van der Waals surface area contributed by atoms with E-state index in [1.807, 2.05) is 0 Å². The van der Waals surface area contributed by atoms with Crippen LogP contribution in [0.5, 0.6) is 0 Å². The summed E-state index contributed by atoms with van der Waals surface area (Å²) in [6.45, 7) is 8.64. The lowest BCUT2D eigenvalue weighted by Gasteiger charge is -2.19. The van der Waals surface area contributed by atoms with E-state index in [-0.39, 0.29) is 12.4 Å². The molecular weight excluding hydrogens is 254 g/mol. The molecule has 5 heteroatoms. The van der Waals surface area contributed by atoms with Crippen LogP contribution in [0.4, 0.5) is 0 Å². The topological polar surface area (TPSA) is 28.2 Å². The molecule has 0 spiro atoms. The van der Waals surface area contributed by atoms with Crippen LogP contribution in [0.2, 0.25) is 0 Å². The van der Waals surface area contributed by atoms with Gasteiger partial charge in [-0.2, -0.15) is 0 Å². The predicted octanol–water partition coefficient (Wildman–Crippen LogP) is 2.45. The van der Waals surface area contributed by atoms with Crippen molar-refractivity contribution in [3.8, 4) is 0 Å². The molecule has 0 amide bonds. The fourth-order valence-corrected chi connectivity index (χ4v) is 2.58. The predicted molar refractivity (Wildman–Crippen MR) is 76.1 cm³/mol. The van der Waals surface area contributed by atoms with E-state index >= 15 is 0 Å². The summed E-state index contributed by atoms with van der Waals surface area (Å²) in [7, 11) is 0. The van der Waals surface area contributed by atoms with Crippen molar-refractivity contribution >= 4 is 23.7 Å². The molecule has 0 unspecified atom stereocenters. The average Bonchev–Trinajstić information content (AvgIpc) is 3.03. The third-order valence-electron chi connectivity index (χ3n) is 3.02. The maximum atomic E-state index is 4.44. The summed E-state index contributed by atoms with van der Waals surface area (Å²) >= 11 is 1.73. The van der Waals surface area contributed by atoms with E-state index in [2.05, 4.69) is 34.4 Å². The number of thiazole rings is 1. The van der Waals surface area contributed by atoms with Crippen LogP contribution < -0.4 is 5.32 Å². The van der Waals surface area contributed by atoms with E-state index in [1.165, 1.54) is 31.6 Å². The Morgan fingerprint density at radius 1 is 1.53 bits per heavy atom. The molecule has 1 fully saturated rings. The third-order valence-corrected chi connectivity index (χ3v) is 3.84. The Morgan fingerprint density at radius 2 is 2.29 bits per heavy atom. The molecule has 1 aliphatic rings. The van der Waals surface area contributed by atoms with Gasteiger partial charge in [-0.25, -0.2) is 4.98 Å². The Balaban J connectivity index is 0.00000144. The molecule has 1 aromatic heterocycles. The van der Waals surface area contributed by atoms with E-state index in [0.29, 0.717) is 0 Å². The Labute approximate surface area is 114 Å². The molecule has 0 bridgehead atoms. The molecule has 1 aliphatic carbocycles. The maximum Gasteiger partial charge on any atom is 0.0897 e. The molecule has 0 aromatic carbocycles. The summed E-state index contributed by atoms with van der Waals surface area (Å²) in [5.74, 6) is 0. The minimum atomic E-state index is 0. The van der Waals surface area contributed by atoms with Gasteiger partial charge >= 0.3 is 0 Å². The zero-order chi connectivity index (χ0) is 11.4. The lowest BCUT2D eigenvalue weighted by atomic mass is 10.4. The zero-order valence-corrected chi connectivity index (χ0v) is 12.2. The molecule has 1 saturated carbocycles. The molecule has 0 aliphatic heterocycles. The van der Waals surface area contributed by atoms with Crippen LogP contribution in [0.1, 0.15) is 30.5 Å². The Bertz CT molecular complexity index is 325. The molecule has 17 heavy (non-hydrogen) atoms. The van der Waals surface area contributed by atoms with Gasteiger partial charge in [0.05, 0.1) is 10.7 Å². The van der Waals surface area contributed by atoms with Crippen LogP contribution in [0.3, 0.4) is 0 Å². The van der Waals surface area contributed by atoms with E-state index in [1.54, 1.807) is 11.3 Å². The van der Waals surface area contributed by atoms with Crippen molar-refractivity contribution in [2.45, 2.75) is 39.3 Å². The highest BCUT2D eigenvalue weighted by Gasteiger charge is 2.26. The second-order valence-electron chi connectivity index (χ2n) is 4.39. The molecule has 0 atom stereocenters. The van der Waals surface area contributed by atoms with Gasteiger partial charge in [0.15, 0.2) is 0 Å².